The molecule has 0 heterocycles. The van der Waals surface area contributed by atoms with E-state index in [2.05, 4.69) is 16.0 Å². The first-order valence-electron chi connectivity index (χ1n) is 11.1. The summed E-state index contributed by atoms with van der Waals surface area (Å²) in [6, 6.07) is 4.30. The summed E-state index contributed by atoms with van der Waals surface area (Å²) >= 11 is 0. The van der Waals surface area contributed by atoms with E-state index >= 15 is 0 Å². The van der Waals surface area contributed by atoms with Crippen LogP contribution in [0.1, 0.15) is 45.6 Å². The predicted octanol–water partition coefficient (Wildman–Crippen LogP) is 0.0262. The van der Waals surface area contributed by atoms with Crippen LogP contribution in [0.3, 0.4) is 0 Å². The van der Waals surface area contributed by atoms with Crippen LogP contribution in [0.25, 0.3) is 0 Å². The number of nitrogens with two attached hydrogens (primary N) is 1. The van der Waals surface area contributed by atoms with E-state index in [1.54, 1.807) is 44.2 Å². The highest BCUT2D eigenvalue weighted by Crippen LogP contribution is 2.11. The van der Waals surface area contributed by atoms with Gasteiger partial charge in [-0.25, -0.2) is 4.79 Å². The monoisotopic (exact) mass is 478 g/mol. The minimum Gasteiger partial charge on any atom is -0.481 e. The van der Waals surface area contributed by atoms with Gasteiger partial charge in [-0.05, 0) is 24.8 Å². The zero-order valence-corrected chi connectivity index (χ0v) is 19.6. The summed E-state index contributed by atoms with van der Waals surface area (Å²) in [5, 5.41) is 26.0. The van der Waals surface area contributed by atoms with Gasteiger partial charge in [0.05, 0.1) is 6.04 Å². The van der Waals surface area contributed by atoms with Crippen LogP contribution < -0.4 is 21.7 Å². The standard InChI is InChI=1S/C23H34N4O7/c1-4-13(2)19(22(32)26-17(23(33)34)12-15-8-6-5-7-9-15)27-21(31)16(10-11-18(28)29)25-20(30)14(3)24/h5-9,13-14,16-17,19H,4,10-12,24H2,1-3H3,(H,25,30)(H,26,32)(H,27,31)(H,28,29)(H,33,34). The molecular formula is C23H34N4O7. The van der Waals surface area contributed by atoms with Crippen molar-refractivity contribution < 1.29 is 34.2 Å². The fourth-order valence-corrected chi connectivity index (χ4v) is 3.11. The molecule has 188 valence electrons. The lowest BCUT2D eigenvalue weighted by molar-refractivity contribution is -0.142. The van der Waals surface area contributed by atoms with Gasteiger partial charge in [0, 0.05) is 12.8 Å². The zero-order valence-electron chi connectivity index (χ0n) is 19.6. The van der Waals surface area contributed by atoms with Gasteiger partial charge in [-0.15, -0.1) is 0 Å². The normalized spacial score (nSPS) is 15.2. The molecule has 0 saturated heterocycles. The molecule has 0 aromatic heterocycles. The van der Waals surface area contributed by atoms with E-state index in [0.29, 0.717) is 12.0 Å². The Morgan fingerprint density at radius 3 is 1.97 bits per heavy atom. The van der Waals surface area contributed by atoms with Crippen LogP contribution in [-0.4, -0.2) is 64.0 Å². The Bertz CT molecular complexity index is 860. The fourth-order valence-electron chi connectivity index (χ4n) is 3.11. The molecule has 5 atom stereocenters. The van der Waals surface area contributed by atoms with Crippen molar-refractivity contribution in [1.29, 1.82) is 0 Å². The number of amides is 3. The largest absolute Gasteiger partial charge is 0.481 e. The van der Waals surface area contributed by atoms with Crippen LogP contribution in [0.5, 0.6) is 0 Å². The van der Waals surface area contributed by atoms with Crippen LogP contribution in [-0.2, 0) is 30.4 Å². The Kier molecular flexibility index (Phi) is 11.7. The third-order valence-corrected chi connectivity index (χ3v) is 5.38. The second-order valence-electron chi connectivity index (χ2n) is 8.24. The van der Waals surface area contributed by atoms with Gasteiger partial charge in [0.2, 0.25) is 17.7 Å². The van der Waals surface area contributed by atoms with Gasteiger partial charge >= 0.3 is 11.9 Å². The first-order chi connectivity index (χ1) is 16.0. The fraction of sp³-hybridized carbons (Fsp3) is 0.522. The van der Waals surface area contributed by atoms with Crippen molar-refractivity contribution in [3.63, 3.8) is 0 Å². The third-order valence-electron chi connectivity index (χ3n) is 5.38. The molecule has 7 N–H and O–H groups in total. The Morgan fingerprint density at radius 1 is 0.882 bits per heavy atom. The number of aliphatic carboxylic acids is 2. The van der Waals surface area contributed by atoms with E-state index in [9.17, 15) is 29.1 Å². The molecule has 11 nitrogen and oxygen atoms in total. The van der Waals surface area contributed by atoms with Crippen LogP contribution >= 0.6 is 0 Å². The van der Waals surface area contributed by atoms with Crippen LogP contribution in [0.4, 0.5) is 0 Å². The summed E-state index contributed by atoms with van der Waals surface area (Å²) in [6.45, 7) is 4.93. The number of carboxylic acid groups (broad SMARTS) is 2. The Hall–Kier alpha value is -3.47. The minimum absolute atomic E-state index is 0.0504. The molecule has 1 aromatic rings. The highest BCUT2D eigenvalue weighted by molar-refractivity contribution is 5.94. The second kappa shape index (κ2) is 13.9. The Morgan fingerprint density at radius 2 is 1.47 bits per heavy atom. The molecular weight excluding hydrogens is 444 g/mol. The van der Waals surface area contributed by atoms with Gasteiger partial charge in [0.15, 0.2) is 0 Å². The van der Waals surface area contributed by atoms with E-state index in [-0.39, 0.29) is 18.8 Å². The van der Waals surface area contributed by atoms with E-state index < -0.39 is 60.2 Å². The summed E-state index contributed by atoms with van der Waals surface area (Å²) in [5.41, 5.74) is 6.24. The highest BCUT2D eigenvalue weighted by Gasteiger charge is 2.32. The molecule has 3 amide bonds. The third kappa shape index (κ3) is 9.57. The average Bonchev–Trinajstić information content (AvgIpc) is 2.79. The molecule has 0 aliphatic carbocycles. The molecule has 34 heavy (non-hydrogen) atoms. The molecule has 0 aliphatic rings. The Labute approximate surface area is 198 Å². The Balaban J connectivity index is 3.02. The van der Waals surface area contributed by atoms with Crippen molar-refractivity contribution in [2.24, 2.45) is 11.7 Å². The van der Waals surface area contributed by atoms with E-state index in [1.807, 2.05) is 0 Å². The molecule has 0 radical (unpaired) electrons. The lowest BCUT2D eigenvalue weighted by atomic mass is 9.96. The molecule has 11 heteroatoms. The first kappa shape index (κ1) is 28.6. The zero-order chi connectivity index (χ0) is 25.8. The lowest BCUT2D eigenvalue weighted by Gasteiger charge is -2.28. The van der Waals surface area contributed by atoms with Crippen LogP contribution in [0.15, 0.2) is 30.3 Å². The number of nitrogens with one attached hydrogen (secondary N) is 3. The topological polar surface area (TPSA) is 188 Å². The van der Waals surface area contributed by atoms with Gasteiger partial charge < -0.3 is 31.9 Å². The average molecular weight is 479 g/mol. The maximum absolute atomic E-state index is 13.0. The number of benzene rings is 1. The molecule has 0 aliphatic heterocycles. The van der Waals surface area contributed by atoms with Crippen molar-refractivity contribution in [1.82, 2.24) is 16.0 Å². The number of carbonyl (C=O) groups is 5. The van der Waals surface area contributed by atoms with Gasteiger partial charge in [-0.2, -0.15) is 0 Å². The quantitative estimate of drug-likeness (QED) is 0.216. The smallest absolute Gasteiger partial charge is 0.326 e. The first-order valence-corrected chi connectivity index (χ1v) is 11.1. The molecule has 0 spiro atoms. The predicted molar refractivity (Wildman–Crippen MR) is 124 cm³/mol. The molecule has 1 aromatic carbocycles. The van der Waals surface area contributed by atoms with Crippen LogP contribution in [0, 0.1) is 5.92 Å². The molecule has 0 saturated carbocycles. The molecule has 0 fully saturated rings. The summed E-state index contributed by atoms with van der Waals surface area (Å²) in [4.78, 5) is 60.6. The summed E-state index contributed by atoms with van der Waals surface area (Å²) in [6.07, 6.45) is -0.0640. The van der Waals surface area contributed by atoms with Gasteiger partial charge in [0.1, 0.15) is 18.1 Å². The second-order valence-corrected chi connectivity index (χ2v) is 8.24. The lowest BCUT2D eigenvalue weighted by Crippen LogP contribution is -2.58. The van der Waals surface area contributed by atoms with Gasteiger partial charge in [0.25, 0.3) is 0 Å². The van der Waals surface area contributed by atoms with Crippen molar-refractivity contribution in [2.45, 2.75) is 70.6 Å². The summed E-state index contributed by atoms with van der Waals surface area (Å²) < 4.78 is 0. The number of rotatable bonds is 14. The van der Waals surface area contributed by atoms with Gasteiger partial charge in [-0.1, -0.05) is 50.6 Å². The molecule has 1 rings (SSSR count). The summed E-state index contributed by atoms with van der Waals surface area (Å²) in [5.74, 6) is -4.86. The van der Waals surface area contributed by atoms with E-state index in [1.165, 1.54) is 6.92 Å². The van der Waals surface area contributed by atoms with Crippen molar-refractivity contribution in [3.8, 4) is 0 Å². The number of carbonyl (C=O) groups excluding carboxylic acids is 3. The molecule has 5 unspecified atom stereocenters. The van der Waals surface area contributed by atoms with Gasteiger partial charge in [-0.3, -0.25) is 19.2 Å². The highest BCUT2D eigenvalue weighted by atomic mass is 16.4. The van der Waals surface area contributed by atoms with E-state index in [4.69, 9.17) is 10.8 Å². The van der Waals surface area contributed by atoms with Crippen molar-refractivity contribution in [2.75, 3.05) is 0 Å². The SMILES string of the molecule is CCC(C)C(NC(=O)C(CCC(=O)O)NC(=O)C(C)N)C(=O)NC(Cc1ccccc1)C(=O)O. The van der Waals surface area contributed by atoms with E-state index in [0.717, 1.165) is 0 Å². The number of hydrogen-bond donors (Lipinski definition) is 6. The molecule has 0 bridgehead atoms. The maximum Gasteiger partial charge on any atom is 0.326 e. The van der Waals surface area contributed by atoms with Crippen molar-refractivity contribution in [3.05, 3.63) is 35.9 Å². The maximum atomic E-state index is 13.0. The number of hydrogen-bond acceptors (Lipinski definition) is 6. The van der Waals surface area contributed by atoms with Crippen LogP contribution in [0.2, 0.25) is 0 Å². The summed E-state index contributed by atoms with van der Waals surface area (Å²) in [7, 11) is 0. The van der Waals surface area contributed by atoms with Crippen molar-refractivity contribution >= 4 is 29.7 Å². The minimum atomic E-state index is -1.23. The number of carboxylic acids is 2.